The van der Waals surface area contributed by atoms with E-state index in [1.54, 1.807) is 0 Å². The summed E-state index contributed by atoms with van der Waals surface area (Å²) in [5.74, 6) is 0.0969. The number of nitrogen functional groups attached to an aromatic ring is 1. The summed E-state index contributed by atoms with van der Waals surface area (Å²) in [4.78, 5) is 16.6. The Bertz CT molecular complexity index is 687. The Hall–Kier alpha value is -1.56. The molecular weight excluding hydrogens is 284 g/mol. The molecule has 1 saturated heterocycles. The van der Waals surface area contributed by atoms with Crippen molar-refractivity contribution in [1.82, 2.24) is 14.7 Å². The molecule has 3 heterocycles. The molecule has 1 aliphatic heterocycles. The minimum Gasteiger partial charge on any atom is -0.397 e. The molecule has 1 unspecified atom stereocenters. The lowest BCUT2D eigenvalue weighted by Crippen LogP contribution is -2.43. The second kappa shape index (κ2) is 5.33. The van der Waals surface area contributed by atoms with Crippen molar-refractivity contribution in [3.63, 3.8) is 0 Å². The molecule has 1 aliphatic rings. The highest BCUT2D eigenvalue weighted by Crippen LogP contribution is 2.37. The summed E-state index contributed by atoms with van der Waals surface area (Å²) in [7, 11) is 1.90. The van der Waals surface area contributed by atoms with Gasteiger partial charge in [-0.1, -0.05) is 6.92 Å². The number of thiophene rings is 1. The Kier molecular flexibility index (Phi) is 3.65. The van der Waals surface area contributed by atoms with Crippen molar-refractivity contribution in [3.05, 3.63) is 10.6 Å². The topological polar surface area (TPSA) is 64.2 Å². The maximum absolute atomic E-state index is 12.9. The molecule has 1 atom stereocenters. The average Bonchev–Trinajstić information content (AvgIpc) is 2.97. The van der Waals surface area contributed by atoms with Gasteiger partial charge in [-0.3, -0.25) is 9.48 Å². The van der Waals surface area contributed by atoms with Crippen LogP contribution in [0.15, 0.2) is 0 Å². The molecule has 1 fully saturated rings. The molecule has 21 heavy (non-hydrogen) atoms. The van der Waals surface area contributed by atoms with E-state index >= 15 is 0 Å². The molecule has 3 rings (SSSR count). The number of carbonyl (C=O) groups is 1. The summed E-state index contributed by atoms with van der Waals surface area (Å²) in [6.07, 6.45) is 4.42. The summed E-state index contributed by atoms with van der Waals surface area (Å²) in [6.45, 7) is 4.94. The predicted molar refractivity (Wildman–Crippen MR) is 86.7 cm³/mol. The number of aryl methyl sites for hydroxylation is 2. The molecule has 0 aliphatic carbocycles. The molecule has 0 radical (unpaired) electrons. The first kappa shape index (κ1) is 14.4. The zero-order valence-electron chi connectivity index (χ0n) is 12.8. The van der Waals surface area contributed by atoms with Crippen LogP contribution in [0.1, 0.15) is 48.0 Å². The lowest BCUT2D eigenvalue weighted by Gasteiger charge is -2.35. The van der Waals surface area contributed by atoms with Crippen molar-refractivity contribution >= 4 is 33.1 Å². The molecule has 0 saturated carbocycles. The van der Waals surface area contributed by atoms with Gasteiger partial charge in [0.1, 0.15) is 9.71 Å². The second-order valence-electron chi connectivity index (χ2n) is 5.79. The van der Waals surface area contributed by atoms with Crippen LogP contribution in [0, 0.1) is 6.92 Å². The molecule has 1 amide bonds. The highest BCUT2D eigenvalue weighted by atomic mass is 32.1. The molecular formula is C15H22N4OS. The van der Waals surface area contributed by atoms with Gasteiger partial charge in [-0.05, 0) is 32.6 Å². The Morgan fingerprint density at radius 3 is 2.90 bits per heavy atom. The van der Waals surface area contributed by atoms with Gasteiger partial charge in [-0.25, -0.2) is 0 Å². The Morgan fingerprint density at radius 2 is 2.24 bits per heavy atom. The van der Waals surface area contributed by atoms with Gasteiger partial charge in [0.2, 0.25) is 0 Å². The summed E-state index contributed by atoms with van der Waals surface area (Å²) in [5, 5.41) is 5.32. The van der Waals surface area contributed by atoms with Crippen LogP contribution < -0.4 is 5.73 Å². The fourth-order valence-corrected chi connectivity index (χ4v) is 4.45. The van der Waals surface area contributed by atoms with Gasteiger partial charge >= 0.3 is 0 Å². The van der Waals surface area contributed by atoms with Crippen LogP contribution >= 0.6 is 11.3 Å². The molecule has 0 spiro atoms. The van der Waals surface area contributed by atoms with Crippen molar-refractivity contribution in [2.24, 2.45) is 7.05 Å². The number of hydrogen-bond acceptors (Lipinski definition) is 4. The van der Waals surface area contributed by atoms with Crippen molar-refractivity contribution in [3.8, 4) is 0 Å². The molecule has 5 nitrogen and oxygen atoms in total. The molecule has 2 aromatic rings. The van der Waals surface area contributed by atoms with E-state index in [1.165, 1.54) is 17.8 Å². The Balaban J connectivity index is 2.01. The lowest BCUT2D eigenvalue weighted by molar-refractivity contribution is 0.0614. The third-order valence-electron chi connectivity index (χ3n) is 4.44. The van der Waals surface area contributed by atoms with E-state index in [9.17, 15) is 4.79 Å². The largest absolute Gasteiger partial charge is 0.397 e. The first-order valence-electron chi connectivity index (χ1n) is 7.57. The predicted octanol–water partition coefficient (Wildman–Crippen LogP) is 2.93. The number of nitrogens with two attached hydrogens (primary N) is 1. The number of hydrogen-bond donors (Lipinski definition) is 1. The van der Waals surface area contributed by atoms with Crippen molar-refractivity contribution in [2.45, 2.75) is 45.6 Å². The number of amides is 1. The monoisotopic (exact) mass is 306 g/mol. The van der Waals surface area contributed by atoms with Crippen LogP contribution in [0.2, 0.25) is 0 Å². The van der Waals surface area contributed by atoms with Crippen LogP contribution in [0.5, 0.6) is 0 Å². The van der Waals surface area contributed by atoms with Crippen molar-refractivity contribution in [1.29, 1.82) is 0 Å². The average molecular weight is 306 g/mol. The van der Waals surface area contributed by atoms with E-state index in [0.717, 1.165) is 41.7 Å². The fraction of sp³-hybridized carbons (Fsp3) is 0.600. The number of rotatable bonds is 2. The number of likely N-dealkylation sites (tertiary alicyclic amines) is 1. The second-order valence-corrected chi connectivity index (χ2v) is 6.79. The van der Waals surface area contributed by atoms with E-state index < -0.39 is 0 Å². The van der Waals surface area contributed by atoms with Crippen LogP contribution in [-0.4, -0.2) is 33.2 Å². The van der Waals surface area contributed by atoms with Gasteiger partial charge in [0.25, 0.3) is 5.91 Å². The van der Waals surface area contributed by atoms with Crippen molar-refractivity contribution in [2.75, 3.05) is 12.3 Å². The number of piperidine rings is 1. The molecule has 6 heteroatoms. The highest BCUT2D eigenvalue weighted by Gasteiger charge is 2.30. The van der Waals surface area contributed by atoms with Gasteiger partial charge < -0.3 is 10.6 Å². The zero-order valence-corrected chi connectivity index (χ0v) is 13.7. The smallest absolute Gasteiger partial charge is 0.266 e. The molecule has 114 valence electrons. The summed E-state index contributed by atoms with van der Waals surface area (Å²) >= 11 is 1.47. The molecule has 2 N–H and O–H groups in total. The fourth-order valence-electron chi connectivity index (χ4n) is 3.31. The summed E-state index contributed by atoms with van der Waals surface area (Å²) < 4.78 is 1.82. The SMILES string of the molecule is CCC1CCCCN1C(=O)c1sc2c(c(C)nn2C)c1N. The maximum atomic E-state index is 12.9. The van der Waals surface area contributed by atoms with Gasteiger partial charge in [0, 0.05) is 19.6 Å². The standard InChI is InChI=1S/C15H22N4OS/c1-4-10-7-5-6-8-19(10)14(20)13-12(16)11-9(2)17-18(3)15(11)21-13/h10H,4-8,16H2,1-3H3. The van der Waals surface area contributed by atoms with Crippen LogP contribution in [0.4, 0.5) is 5.69 Å². The van der Waals surface area contributed by atoms with E-state index in [1.807, 2.05) is 23.6 Å². The number of fused-ring (bicyclic) bond motifs is 1. The normalized spacial score (nSPS) is 19.4. The third kappa shape index (κ3) is 2.21. The third-order valence-corrected chi connectivity index (χ3v) is 5.70. The van der Waals surface area contributed by atoms with Gasteiger partial charge in [-0.2, -0.15) is 5.10 Å². The Morgan fingerprint density at radius 1 is 1.48 bits per heavy atom. The van der Waals surface area contributed by atoms with Crippen LogP contribution in [0.25, 0.3) is 10.2 Å². The van der Waals surface area contributed by atoms with Gasteiger partial charge in [-0.15, -0.1) is 11.3 Å². The lowest BCUT2D eigenvalue weighted by atomic mass is 9.99. The van der Waals surface area contributed by atoms with E-state index in [2.05, 4.69) is 12.0 Å². The number of nitrogens with zero attached hydrogens (tertiary/aromatic N) is 3. The van der Waals surface area contributed by atoms with E-state index in [-0.39, 0.29) is 5.91 Å². The first-order chi connectivity index (χ1) is 10.0. The van der Waals surface area contributed by atoms with Crippen LogP contribution in [0.3, 0.4) is 0 Å². The van der Waals surface area contributed by atoms with Gasteiger partial charge in [0.05, 0.1) is 16.8 Å². The molecule has 0 aromatic carbocycles. The number of anilines is 1. The highest BCUT2D eigenvalue weighted by molar-refractivity contribution is 7.21. The minimum atomic E-state index is 0.0969. The minimum absolute atomic E-state index is 0.0969. The van der Waals surface area contributed by atoms with E-state index in [4.69, 9.17) is 5.73 Å². The molecule has 2 aromatic heterocycles. The first-order valence-corrected chi connectivity index (χ1v) is 8.38. The summed E-state index contributed by atoms with van der Waals surface area (Å²) in [6, 6.07) is 0.357. The van der Waals surface area contributed by atoms with Crippen LogP contribution in [-0.2, 0) is 7.05 Å². The number of aromatic nitrogens is 2. The van der Waals surface area contributed by atoms with E-state index in [0.29, 0.717) is 16.6 Å². The zero-order chi connectivity index (χ0) is 15.1. The Labute approximate surface area is 128 Å². The quantitative estimate of drug-likeness (QED) is 0.928. The number of carbonyl (C=O) groups excluding carboxylic acids is 1. The molecule has 0 bridgehead atoms. The van der Waals surface area contributed by atoms with Gasteiger partial charge in [0.15, 0.2) is 0 Å². The summed E-state index contributed by atoms with van der Waals surface area (Å²) in [5.41, 5.74) is 7.75. The van der Waals surface area contributed by atoms with Crippen molar-refractivity contribution < 1.29 is 4.79 Å². The maximum Gasteiger partial charge on any atom is 0.266 e.